The third-order valence-corrected chi connectivity index (χ3v) is 7.19. The fourth-order valence-corrected chi connectivity index (χ4v) is 5.43. The lowest BCUT2D eigenvalue weighted by molar-refractivity contribution is 0.200. The standard InChI is InChI=1S/C30H45ClN4O.C2H6/c1-8-15-33-17-13-25(20-33)35(19-22(2)3)29(24(6)7)18-28(23(4)5)34-16-10-11-26(34)21-36-30-27(31)12-9-14-32-30;1-2/h9,12,14,18-19,25-26H,6,8,10-11,13,15-17,20-21H2,1-5,7H3;1-2H3/b29-18+;. The first-order valence-corrected chi connectivity index (χ1v) is 14.8. The van der Waals surface area contributed by atoms with Crippen LogP contribution in [0.5, 0.6) is 5.88 Å². The van der Waals surface area contributed by atoms with Crippen LogP contribution in [0.4, 0.5) is 0 Å². The Morgan fingerprint density at radius 3 is 2.53 bits per heavy atom. The summed E-state index contributed by atoms with van der Waals surface area (Å²) in [5.41, 5.74) is 6.16. The quantitative estimate of drug-likeness (QED) is 0.264. The first-order valence-electron chi connectivity index (χ1n) is 14.4. The maximum Gasteiger partial charge on any atom is 0.232 e. The highest BCUT2D eigenvalue weighted by Crippen LogP contribution is 2.31. The van der Waals surface area contributed by atoms with Gasteiger partial charge >= 0.3 is 0 Å². The minimum Gasteiger partial charge on any atom is -0.474 e. The van der Waals surface area contributed by atoms with Gasteiger partial charge in [0.1, 0.15) is 11.6 Å². The minimum atomic E-state index is 0.277. The number of allylic oxidation sites excluding steroid dienone is 4. The van der Waals surface area contributed by atoms with Gasteiger partial charge in [-0.1, -0.05) is 50.1 Å². The van der Waals surface area contributed by atoms with Gasteiger partial charge in [-0.15, -0.1) is 0 Å². The minimum absolute atomic E-state index is 0.277. The average Bonchev–Trinajstić information content (AvgIpc) is 3.54. The second-order valence-electron chi connectivity index (χ2n) is 10.6. The Morgan fingerprint density at radius 1 is 1.18 bits per heavy atom. The summed E-state index contributed by atoms with van der Waals surface area (Å²) in [6, 6.07) is 4.38. The van der Waals surface area contributed by atoms with E-state index in [1.165, 1.54) is 41.9 Å². The van der Waals surface area contributed by atoms with Crippen LogP contribution in [0.3, 0.4) is 0 Å². The van der Waals surface area contributed by atoms with Crippen LogP contribution in [0.15, 0.2) is 65.3 Å². The number of hydrogen-bond donors (Lipinski definition) is 0. The number of rotatable bonds is 11. The predicted molar refractivity (Wildman–Crippen MR) is 163 cm³/mol. The number of pyridine rings is 1. The number of halogens is 1. The molecule has 3 heterocycles. The van der Waals surface area contributed by atoms with E-state index in [0.29, 0.717) is 23.6 Å². The molecule has 212 valence electrons. The first kappa shape index (κ1) is 32.0. The fraction of sp³-hybridized carbons (Fsp3) is 0.594. The molecule has 1 aromatic heterocycles. The maximum absolute atomic E-state index is 6.29. The van der Waals surface area contributed by atoms with Gasteiger partial charge in [0.05, 0.1) is 6.04 Å². The molecule has 2 fully saturated rings. The lowest BCUT2D eigenvalue weighted by Gasteiger charge is -2.34. The molecule has 0 aliphatic carbocycles. The molecule has 2 saturated heterocycles. The Kier molecular flexibility index (Phi) is 13.5. The second-order valence-corrected chi connectivity index (χ2v) is 11.1. The second kappa shape index (κ2) is 16.0. The zero-order chi connectivity index (χ0) is 28.2. The van der Waals surface area contributed by atoms with Gasteiger partial charge < -0.3 is 19.4 Å². The van der Waals surface area contributed by atoms with E-state index in [1.807, 2.05) is 26.0 Å². The number of ether oxygens (including phenoxy) is 1. The van der Waals surface area contributed by atoms with E-state index < -0.39 is 0 Å². The third-order valence-electron chi connectivity index (χ3n) is 6.90. The maximum atomic E-state index is 6.29. The van der Waals surface area contributed by atoms with E-state index in [2.05, 4.69) is 80.1 Å². The molecular weight excluding hydrogens is 492 g/mol. The molecule has 2 aliphatic heterocycles. The smallest absolute Gasteiger partial charge is 0.232 e. The van der Waals surface area contributed by atoms with E-state index in [1.54, 1.807) is 6.20 Å². The highest BCUT2D eigenvalue weighted by atomic mass is 35.5. The van der Waals surface area contributed by atoms with Crippen molar-refractivity contribution in [2.45, 2.75) is 93.2 Å². The van der Waals surface area contributed by atoms with E-state index in [-0.39, 0.29) is 6.04 Å². The molecular formula is C32H51ClN4O. The summed E-state index contributed by atoms with van der Waals surface area (Å²) in [6.45, 7) is 26.6. The highest BCUT2D eigenvalue weighted by Gasteiger charge is 2.30. The summed E-state index contributed by atoms with van der Waals surface area (Å²) in [4.78, 5) is 11.9. The fourth-order valence-electron chi connectivity index (χ4n) is 5.25. The van der Waals surface area contributed by atoms with Gasteiger partial charge in [0, 0.05) is 49.5 Å². The number of nitrogens with zero attached hydrogens (tertiary/aromatic N) is 4. The van der Waals surface area contributed by atoms with Crippen molar-refractivity contribution in [2.75, 3.05) is 32.8 Å². The zero-order valence-electron chi connectivity index (χ0n) is 25.2. The molecule has 0 aromatic carbocycles. The van der Waals surface area contributed by atoms with Gasteiger partial charge in [-0.2, -0.15) is 0 Å². The molecule has 0 amide bonds. The molecule has 5 nitrogen and oxygen atoms in total. The first-order chi connectivity index (χ1) is 18.2. The molecule has 0 radical (unpaired) electrons. The molecule has 6 heteroatoms. The summed E-state index contributed by atoms with van der Waals surface area (Å²) < 4.78 is 6.08. The van der Waals surface area contributed by atoms with Crippen LogP contribution < -0.4 is 4.74 Å². The molecule has 38 heavy (non-hydrogen) atoms. The van der Waals surface area contributed by atoms with Gasteiger partial charge in [0.25, 0.3) is 0 Å². The van der Waals surface area contributed by atoms with Crippen molar-refractivity contribution in [3.63, 3.8) is 0 Å². The molecule has 3 rings (SSSR count). The van der Waals surface area contributed by atoms with Crippen molar-refractivity contribution in [3.8, 4) is 5.88 Å². The molecule has 2 aliphatic rings. The van der Waals surface area contributed by atoms with Crippen molar-refractivity contribution in [1.82, 2.24) is 19.7 Å². The molecule has 0 N–H and O–H groups in total. The third kappa shape index (κ3) is 8.91. The van der Waals surface area contributed by atoms with Gasteiger partial charge in [0.2, 0.25) is 5.88 Å². The van der Waals surface area contributed by atoms with Crippen LogP contribution in [0.1, 0.15) is 81.1 Å². The Morgan fingerprint density at radius 2 is 1.92 bits per heavy atom. The summed E-state index contributed by atoms with van der Waals surface area (Å²) >= 11 is 6.29. The van der Waals surface area contributed by atoms with Crippen LogP contribution in [-0.2, 0) is 0 Å². The molecule has 0 spiro atoms. The van der Waals surface area contributed by atoms with Crippen molar-refractivity contribution in [1.29, 1.82) is 0 Å². The largest absolute Gasteiger partial charge is 0.474 e. The van der Waals surface area contributed by atoms with Crippen LogP contribution in [0, 0.1) is 0 Å². The molecule has 1 aromatic rings. The monoisotopic (exact) mass is 542 g/mol. The van der Waals surface area contributed by atoms with Crippen LogP contribution >= 0.6 is 11.6 Å². The van der Waals surface area contributed by atoms with E-state index in [9.17, 15) is 0 Å². The predicted octanol–water partition coefficient (Wildman–Crippen LogP) is 8.07. The molecule has 0 bridgehead atoms. The number of aromatic nitrogens is 1. The van der Waals surface area contributed by atoms with Crippen molar-refractivity contribution < 1.29 is 4.74 Å². The highest BCUT2D eigenvalue weighted by molar-refractivity contribution is 6.31. The van der Waals surface area contributed by atoms with Gasteiger partial charge in [0.15, 0.2) is 0 Å². The lowest BCUT2D eigenvalue weighted by Crippen LogP contribution is -2.36. The normalized spacial score (nSPS) is 19.5. The number of hydrogen-bond acceptors (Lipinski definition) is 5. The Hall–Kier alpha value is -2.24. The van der Waals surface area contributed by atoms with Crippen LogP contribution in [-0.4, -0.2) is 64.6 Å². The van der Waals surface area contributed by atoms with Crippen molar-refractivity contribution >= 4 is 11.6 Å². The van der Waals surface area contributed by atoms with Gasteiger partial charge in [-0.3, -0.25) is 0 Å². The Bertz CT molecular complexity index is 991. The zero-order valence-corrected chi connectivity index (χ0v) is 25.9. The Labute approximate surface area is 237 Å². The summed E-state index contributed by atoms with van der Waals surface area (Å²) in [7, 11) is 0. The summed E-state index contributed by atoms with van der Waals surface area (Å²) in [5.74, 6) is 0.510. The number of likely N-dealkylation sites (tertiary alicyclic amines) is 2. The van der Waals surface area contributed by atoms with Crippen LogP contribution in [0.2, 0.25) is 5.02 Å². The van der Waals surface area contributed by atoms with Crippen LogP contribution in [0.25, 0.3) is 0 Å². The average molecular weight is 543 g/mol. The lowest BCUT2D eigenvalue weighted by atomic mass is 10.1. The van der Waals surface area contributed by atoms with Gasteiger partial charge in [-0.25, -0.2) is 4.98 Å². The molecule has 0 saturated carbocycles. The Balaban J connectivity index is 0.00000247. The summed E-state index contributed by atoms with van der Waals surface area (Å²) in [5, 5.41) is 0.556. The summed E-state index contributed by atoms with van der Waals surface area (Å²) in [6.07, 6.45) is 11.0. The van der Waals surface area contributed by atoms with E-state index in [0.717, 1.165) is 38.0 Å². The van der Waals surface area contributed by atoms with E-state index in [4.69, 9.17) is 16.3 Å². The molecule has 2 atom stereocenters. The molecule has 2 unspecified atom stereocenters. The topological polar surface area (TPSA) is 31.8 Å². The van der Waals surface area contributed by atoms with Crippen molar-refractivity contribution in [2.24, 2.45) is 0 Å². The van der Waals surface area contributed by atoms with Gasteiger partial charge in [-0.05, 0) is 90.6 Å². The van der Waals surface area contributed by atoms with Crippen molar-refractivity contribution in [3.05, 3.63) is 70.3 Å². The SMILES string of the molecule is C=C(C)/C(=C\C(=C(C)C)N1CCCC1COc1ncccc1Cl)N(C=C(C)C)C1CCN(CCC)C1.CC. The van der Waals surface area contributed by atoms with E-state index >= 15 is 0 Å².